The summed E-state index contributed by atoms with van der Waals surface area (Å²) in [5.41, 5.74) is 5.78. The van der Waals surface area contributed by atoms with E-state index in [1.54, 1.807) is 7.11 Å². The van der Waals surface area contributed by atoms with E-state index in [9.17, 15) is 0 Å². The highest BCUT2D eigenvalue weighted by atomic mass is 32.1. The smallest absolute Gasteiger partial charge is 0.197 e. The van der Waals surface area contributed by atoms with Crippen LogP contribution >= 0.6 is 11.5 Å². The fourth-order valence-corrected chi connectivity index (χ4v) is 2.42. The first-order valence-electron chi connectivity index (χ1n) is 5.79. The van der Waals surface area contributed by atoms with Crippen molar-refractivity contribution in [3.05, 3.63) is 0 Å². The molecule has 0 bridgehead atoms. The van der Waals surface area contributed by atoms with Crippen LogP contribution in [0.15, 0.2) is 0 Å². The number of ether oxygens (including phenoxy) is 1. The average molecular weight is 258 g/mol. The minimum Gasteiger partial charge on any atom is -0.490 e. The lowest BCUT2D eigenvalue weighted by molar-refractivity contribution is 0.405. The van der Waals surface area contributed by atoms with E-state index >= 15 is 0 Å². The molecule has 0 atom stereocenters. The molecule has 1 aromatic rings. The van der Waals surface area contributed by atoms with Gasteiger partial charge in [0.05, 0.1) is 7.11 Å². The Hall–Kier alpha value is -1.01. The summed E-state index contributed by atoms with van der Waals surface area (Å²) in [4.78, 5) is 4.45. The van der Waals surface area contributed by atoms with Crippen LogP contribution in [0.1, 0.15) is 13.3 Å². The van der Waals surface area contributed by atoms with E-state index in [1.807, 2.05) is 0 Å². The van der Waals surface area contributed by atoms with Crippen LogP contribution in [0, 0.1) is 0 Å². The number of hydrogen-bond donors (Lipinski definition) is 1. The molecular formula is C11H22N4OS. The van der Waals surface area contributed by atoms with Crippen LogP contribution in [0.25, 0.3) is 0 Å². The number of nitrogen functional groups attached to an aromatic ring is 1. The van der Waals surface area contributed by atoms with E-state index in [0.29, 0.717) is 11.6 Å². The summed E-state index contributed by atoms with van der Waals surface area (Å²) < 4.78 is 9.47. The predicted molar refractivity (Wildman–Crippen MR) is 74.1 cm³/mol. The fraction of sp³-hybridized carbons (Fsp3) is 0.727. The highest BCUT2D eigenvalue weighted by molar-refractivity contribution is 7.11. The molecule has 0 amide bonds. The van der Waals surface area contributed by atoms with Crippen LogP contribution in [0.5, 0.6) is 5.75 Å². The third kappa shape index (κ3) is 3.74. The van der Waals surface area contributed by atoms with Crippen molar-refractivity contribution in [2.45, 2.75) is 13.3 Å². The van der Waals surface area contributed by atoms with Gasteiger partial charge in [0.25, 0.3) is 0 Å². The summed E-state index contributed by atoms with van der Waals surface area (Å²) in [5.74, 6) is 1.20. The third-order valence-corrected chi connectivity index (χ3v) is 3.36. The van der Waals surface area contributed by atoms with Crippen molar-refractivity contribution in [2.75, 3.05) is 51.5 Å². The molecule has 0 spiro atoms. The summed E-state index contributed by atoms with van der Waals surface area (Å²) in [5, 5.41) is 1.04. The van der Waals surface area contributed by atoms with Crippen molar-refractivity contribution in [2.24, 2.45) is 0 Å². The topological polar surface area (TPSA) is 54.6 Å². The second kappa shape index (κ2) is 6.66. The number of aromatic nitrogens is 1. The molecule has 0 saturated heterocycles. The molecule has 0 unspecified atom stereocenters. The molecule has 0 saturated carbocycles. The van der Waals surface area contributed by atoms with Gasteiger partial charge in [0, 0.05) is 19.6 Å². The van der Waals surface area contributed by atoms with Gasteiger partial charge < -0.3 is 20.3 Å². The standard InChI is InChI=1S/C11H22N4OS/c1-5-6-15(8-7-14(2)3)11-9(16-4)10(12)13-17-11/h5-8H2,1-4H3,(H2,12,13). The first-order valence-corrected chi connectivity index (χ1v) is 6.56. The van der Waals surface area contributed by atoms with Gasteiger partial charge in [0.1, 0.15) is 0 Å². The molecule has 0 aromatic carbocycles. The molecule has 98 valence electrons. The third-order valence-electron chi connectivity index (χ3n) is 2.46. The number of hydrogen-bond acceptors (Lipinski definition) is 6. The number of likely N-dealkylation sites (N-methyl/N-ethyl adjacent to an activating group) is 1. The minimum atomic E-state index is 0.485. The van der Waals surface area contributed by atoms with Crippen molar-refractivity contribution >= 4 is 22.4 Å². The molecule has 1 heterocycles. The molecular weight excluding hydrogens is 236 g/mol. The maximum Gasteiger partial charge on any atom is 0.197 e. The SMILES string of the molecule is CCCN(CCN(C)C)c1snc(N)c1OC. The second-order valence-electron chi connectivity index (χ2n) is 4.20. The van der Waals surface area contributed by atoms with Gasteiger partial charge in [-0.15, -0.1) is 0 Å². The zero-order chi connectivity index (χ0) is 12.8. The number of rotatable bonds is 7. The Bertz CT molecular complexity index is 340. The van der Waals surface area contributed by atoms with Crippen LogP contribution in [0.4, 0.5) is 10.8 Å². The number of methoxy groups -OCH3 is 1. The number of anilines is 2. The lowest BCUT2D eigenvalue weighted by Gasteiger charge is -2.24. The average Bonchev–Trinajstić information content (AvgIpc) is 2.65. The Morgan fingerprint density at radius 1 is 1.29 bits per heavy atom. The Morgan fingerprint density at radius 3 is 2.53 bits per heavy atom. The van der Waals surface area contributed by atoms with Crippen molar-refractivity contribution in [3.63, 3.8) is 0 Å². The lowest BCUT2D eigenvalue weighted by Crippen LogP contribution is -2.32. The van der Waals surface area contributed by atoms with Crippen LogP contribution < -0.4 is 15.4 Å². The van der Waals surface area contributed by atoms with Gasteiger partial charge in [0.15, 0.2) is 16.6 Å². The van der Waals surface area contributed by atoms with Crippen molar-refractivity contribution < 1.29 is 4.74 Å². The Balaban J connectivity index is 2.80. The highest BCUT2D eigenvalue weighted by Gasteiger charge is 2.17. The van der Waals surface area contributed by atoms with Gasteiger partial charge in [-0.3, -0.25) is 0 Å². The summed E-state index contributed by atoms with van der Waals surface area (Å²) in [7, 11) is 5.78. The van der Waals surface area contributed by atoms with Crippen molar-refractivity contribution in [3.8, 4) is 5.75 Å². The molecule has 5 nitrogen and oxygen atoms in total. The zero-order valence-corrected chi connectivity index (χ0v) is 11.9. The van der Waals surface area contributed by atoms with E-state index in [0.717, 1.165) is 31.1 Å². The van der Waals surface area contributed by atoms with E-state index < -0.39 is 0 Å². The van der Waals surface area contributed by atoms with Gasteiger partial charge in [-0.05, 0) is 32.0 Å². The Labute approximate surface area is 107 Å². The molecule has 6 heteroatoms. The second-order valence-corrected chi connectivity index (χ2v) is 4.95. The molecule has 0 aliphatic heterocycles. The van der Waals surface area contributed by atoms with Crippen LogP contribution in [-0.2, 0) is 0 Å². The monoisotopic (exact) mass is 258 g/mol. The van der Waals surface area contributed by atoms with Crippen molar-refractivity contribution in [1.82, 2.24) is 9.27 Å². The molecule has 2 N–H and O–H groups in total. The van der Waals surface area contributed by atoms with Crippen LogP contribution in [-0.4, -0.2) is 50.1 Å². The van der Waals surface area contributed by atoms with E-state index in [2.05, 4.69) is 35.2 Å². The predicted octanol–water partition coefficient (Wildman–Crippen LogP) is 1.51. The maximum absolute atomic E-state index is 5.78. The normalized spacial score (nSPS) is 10.9. The first kappa shape index (κ1) is 14.1. The summed E-state index contributed by atoms with van der Waals surface area (Å²) in [6, 6.07) is 0. The van der Waals surface area contributed by atoms with Gasteiger partial charge >= 0.3 is 0 Å². The van der Waals surface area contributed by atoms with E-state index in [4.69, 9.17) is 10.5 Å². The Kier molecular flexibility index (Phi) is 5.50. The van der Waals surface area contributed by atoms with Gasteiger partial charge in [-0.2, -0.15) is 4.37 Å². The molecule has 1 rings (SSSR count). The minimum absolute atomic E-state index is 0.485. The maximum atomic E-state index is 5.78. The van der Waals surface area contributed by atoms with Crippen molar-refractivity contribution in [1.29, 1.82) is 0 Å². The lowest BCUT2D eigenvalue weighted by atomic mass is 10.4. The van der Waals surface area contributed by atoms with Gasteiger partial charge in [-0.1, -0.05) is 6.92 Å². The van der Waals surface area contributed by atoms with Gasteiger partial charge in [0.2, 0.25) is 0 Å². The molecule has 17 heavy (non-hydrogen) atoms. The largest absolute Gasteiger partial charge is 0.490 e. The summed E-state index contributed by atoms with van der Waals surface area (Å²) >= 11 is 1.41. The molecule has 0 aliphatic rings. The zero-order valence-electron chi connectivity index (χ0n) is 11.1. The van der Waals surface area contributed by atoms with E-state index in [-0.39, 0.29) is 0 Å². The number of nitrogens with two attached hydrogens (primary N) is 1. The first-order chi connectivity index (χ1) is 8.10. The quantitative estimate of drug-likeness (QED) is 0.803. The number of nitrogens with zero attached hydrogens (tertiary/aromatic N) is 3. The highest BCUT2D eigenvalue weighted by Crippen LogP contribution is 2.37. The molecule has 0 radical (unpaired) electrons. The van der Waals surface area contributed by atoms with Crippen LogP contribution in [0.3, 0.4) is 0 Å². The van der Waals surface area contributed by atoms with E-state index in [1.165, 1.54) is 11.5 Å². The van der Waals surface area contributed by atoms with Gasteiger partial charge in [-0.25, -0.2) is 0 Å². The van der Waals surface area contributed by atoms with Crippen LogP contribution in [0.2, 0.25) is 0 Å². The summed E-state index contributed by atoms with van der Waals surface area (Å²) in [6.45, 7) is 5.12. The fourth-order valence-electron chi connectivity index (χ4n) is 1.58. The molecule has 0 aliphatic carbocycles. The molecule has 0 fully saturated rings. The Morgan fingerprint density at radius 2 is 2.00 bits per heavy atom. The summed E-state index contributed by atoms with van der Waals surface area (Å²) in [6.07, 6.45) is 1.09. The molecule has 1 aromatic heterocycles.